The standard InChI is InChI=1S/C18H22N6/c1-22(13-15-7-5-4-6-8-15)17-11-9-16(10-12-17)20-21-18-23(2)14-19-24(18)3/h4-12,14,18H,13H2,1-3H3/t18-/m1/s1. The highest BCUT2D eigenvalue weighted by Crippen LogP contribution is 2.21. The molecule has 1 atom stereocenters. The van der Waals surface area contributed by atoms with Crippen LogP contribution in [0.4, 0.5) is 11.4 Å². The van der Waals surface area contributed by atoms with E-state index in [-0.39, 0.29) is 6.29 Å². The fourth-order valence-electron chi connectivity index (χ4n) is 2.54. The van der Waals surface area contributed by atoms with Crippen LogP contribution in [-0.4, -0.2) is 43.7 Å². The summed E-state index contributed by atoms with van der Waals surface area (Å²) in [6.45, 7) is 0.872. The molecule has 0 spiro atoms. The van der Waals surface area contributed by atoms with Gasteiger partial charge in [-0.05, 0) is 29.8 Å². The van der Waals surface area contributed by atoms with E-state index in [9.17, 15) is 0 Å². The molecule has 1 aliphatic heterocycles. The number of hydrogen-bond acceptors (Lipinski definition) is 6. The summed E-state index contributed by atoms with van der Waals surface area (Å²) >= 11 is 0. The molecule has 0 radical (unpaired) electrons. The summed E-state index contributed by atoms with van der Waals surface area (Å²) in [6, 6.07) is 18.5. The minimum Gasteiger partial charge on any atom is -0.370 e. The highest BCUT2D eigenvalue weighted by molar-refractivity contribution is 5.56. The van der Waals surface area contributed by atoms with Crippen molar-refractivity contribution in [3.05, 3.63) is 60.2 Å². The van der Waals surface area contributed by atoms with Crippen LogP contribution in [0.1, 0.15) is 5.56 Å². The summed E-state index contributed by atoms with van der Waals surface area (Å²) in [5.41, 5.74) is 3.27. The van der Waals surface area contributed by atoms with Gasteiger partial charge >= 0.3 is 0 Å². The molecule has 0 unspecified atom stereocenters. The van der Waals surface area contributed by atoms with Gasteiger partial charge in [-0.3, -0.25) is 5.01 Å². The third kappa shape index (κ3) is 3.71. The van der Waals surface area contributed by atoms with Crippen molar-refractivity contribution in [3.63, 3.8) is 0 Å². The monoisotopic (exact) mass is 322 g/mol. The Morgan fingerprint density at radius 1 is 1.04 bits per heavy atom. The second-order valence-electron chi connectivity index (χ2n) is 5.89. The highest BCUT2D eigenvalue weighted by atomic mass is 15.6. The Morgan fingerprint density at radius 2 is 1.75 bits per heavy atom. The van der Waals surface area contributed by atoms with Gasteiger partial charge in [-0.15, -0.1) is 5.11 Å². The van der Waals surface area contributed by atoms with Crippen LogP contribution in [0, 0.1) is 0 Å². The summed E-state index contributed by atoms with van der Waals surface area (Å²) in [4.78, 5) is 4.12. The molecule has 124 valence electrons. The first-order chi connectivity index (χ1) is 11.6. The minimum absolute atomic E-state index is 0.176. The van der Waals surface area contributed by atoms with E-state index in [1.54, 1.807) is 11.3 Å². The first-order valence-electron chi connectivity index (χ1n) is 7.88. The Bertz CT molecular complexity index is 698. The van der Waals surface area contributed by atoms with Crippen molar-refractivity contribution in [1.82, 2.24) is 9.91 Å². The molecule has 2 aromatic rings. The van der Waals surface area contributed by atoms with Crippen LogP contribution in [0.25, 0.3) is 0 Å². The molecule has 0 N–H and O–H groups in total. The number of anilines is 1. The number of hydrazone groups is 1. The van der Waals surface area contributed by atoms with E-state index in [2.05, 4.69) is 63.7 Å². The number of rotatable bonds is 5. The van der Waals surface area contributed by atoms with E-state index in [1.165, 1.54) is 5.56 Å². The lowest BCUT2D eigenvalue weighted by Gasteiger charge is -2.20. The van der Waals surface area contributed by atoms with Crippen molar-refractivity contribution in [2.24, 2.45) is 15.3 Å². The zero-order chi connectivity index (χ0) is 16.9. The fourth-order valence-corrected chi connectivity index (χ4v) is 2.54. The van der Waals surface area contributed by atoms with Crippen molar-refractivity contribution >= 4 is 17.7 Å². The van der Waals surface area contributed by atoms with E-state index < -0.39 is 0 Å². The Balaban J connectivity index is 1.63. The molecule has 1 heterocycles. The van der Waals surface area contributed by atoms with Crippen LogP contribution < -0.4 is 4.90 Å². The van der Waals surface area contributed by atoms with Crippen LogP contribution in [0.15, 0.2) is 69.9 Å². The van der Waals surface area contributed by atoms with Crippen molar-refractivity contribution in [1.29, 1.82) is 0 Å². The van der Waals surface area contributed by atoms with Crippen LogP contribution in [0.5, 0.6) is 0 Å². The zero-order valence-electron chi connectivity index (χ0n) is 14.2. The van der Waals surface area contributed by atoms with Crippen LogP contribution in [-0.2, 0) is 6.54 Å². The first-order valence-corrected chi connectivity index (χ1v) is 7.88. The lowest BCUT2D eigenvalue weighted by molar-refractivity contribution is 0.183. The summed E-state index contributed by atoms with van der Waals surface area (Å²) in [5.74, 6) is 0. The molecule has 0 saturated carbocycles. The minimum atomic E-state index is -0.176. The van der Waals surface area contributed by atoms with Crippen molar-refractivity contribution in [2.45, 2.75) is 12.8 Å². The molecule has 1 aliphatic rings. The maximum Gasteiger partial charge on any atom is 0.233 e. The van der Waals surface area contributed by atoms with Crippen molar-refractivity contribution in [3.8, 4) is 0 Å². The molecule has 0 fully saturated rings. The molecular formula is C18H22N6. The summed E-state index contributed by atoms with van der Waals surface area (Å²) in [7, 11) is 5.90. The topological polar surface area (TPSA) is 46.8 Å². The maximum absolute atomic E-state index is 4.34. The van der Waals surface area contributed by atoms with Gasteiger partial charge in [0.1, 0.15) is 6.34 Å². The van der Waals surface area contributed by atoms with E-state index in [0.717, 1.165) is 17.9 Å². The molecular weight excluding hydrogens is 300 g/mol. The van der Waals surface area contributed by atoms with E-state index in [4.69, 9.17) is 0 Å². The van der Waals surface area contributed by atoms with E-state index in [0.29, 0.717) is 0 Å². The molecule has 0 saturated heterocycles. The van der Waals surface area contributed by atoms with E-state index >= 15 is 0 Å². The lowest BCUT2D eigenvalue weighted by Crippen LogP contribution is -2.32. The van der Waals surface area contributed by atoms with Gasteiger partial charge in [-0.25, -0.2) is 0 Å². The molecule has 0 aliphatic carbocycles. The predicted molar refractivity (Wildman–Crippen MR) is 97.3 cm³/mol. The molecule has 3 rings (SSSR count). The SMILES string of the molecule is CN(Cc1ccccc1)c1ccc(N=N[C@@H]2N(C)C=NN2C)cc1. The number of azo groups is 1. The van der Waals surface area contributed by atoms with Gasteiger partial charge < -0.3 is 9.80 Å². The Morgan fingerprint density at radius 3 is 2.38 bits per heavy atom. The van der Waals surface area contributed by atoms with Gasteiger partial charge in [0.25, 0.3) is 0 Å². The fraction of sp³-hybridized carbons (Fsp3) is 0.278. The highest BCUT2D eigenvalue weighted by Gasteiger charge is 2.20. The normalized spacial score (nSPS) is 17.0. The maximum atomic E-state index is 4.34. The average molecular weight is 322 g/mol. The molecule has 0 amide bonds. The summed E-state index contributed by atoms with van der Waals surface area (Å²) in [6.07, 6.45) is 1.57. The smallest absolute Gasteiger partial charge is 0.233 e. The van der Waals surface area contributed by atoms with E-state index in [1.807, 2.05) is 37.2 Å². The van der Waals surface area contributed by atoms with Crippen molar-refractivity contribution in [2.75, 3.05) is 26.0 Å². The molecule has 6 nitrogen and oxygen atoms in total. The Labute approximate surface area is 142 Å². The third-order valence-electron chi connectivity index (χ3n) is 3.94. The number of benzene rings is 2. The lowest BCUT2D eigenvalue weighted by atomic mass is 10.2. The quantitative estimate of drug-likeness (QED) is 0.791. The van der Waals surface area contributed by atoms with Crippen LogP contribution in [0.3, 0.4) is 0 Å². The average Bonchev–Trinajstić information content (AvgIpc) is 2.92. The van der Waals surface area contributed by atoms with Gasteiger partial charge in [0, 0.05) is 33.4 Å². The van der Waals surface area contributed by atoms with Crippen LogP contribution >= 0.6 is 0 Å². The van der Waals surface area contributed by atoms with Crippen LogP contribution in [0.2, 0.25) is 0 Å². The third-order valence-corrected chi connectivity index (χ3v) is 3.94. The van der Waals surface area contributed by atoms with Gasteiger partial charge in [0.05, 0.1) is 5.69 Å². The first kappa shape index (κ1) is 16.0. The summed E-state index contributed by atoms with van der Waals surface area (Å²) in [5, 5.41) is 14.6. The molecule has 0 aromatic heterocycles. The van der Waals surface area contributed by atoms with Crippen molar-refractivity contribution < 1.29 is 0 Å². The molecule has 6 heteroatoms. The number of hydrogen-bond donors (Lipinski definition) is 0. The Hall–Kier alpha value is -2.89. The largest absolute Gasteiger partial charge is 0.370 e. The van der Waals surface area contributed by atoms with Gasteiger partial charge in [0.2, 0.25) is 6.29 Å². The summed E-state index contributed by atoms with van der Waals surface area (Å²) < 4.78 is 0. The predicted octanol–water partition coefficient (Wildman–Crippen LogP) is 3.51. The Kier molecular flexibility index (Phi) is 4.74. The van der Waals surface area contributed by atoms with Gasteiger partial charge in [-0.2, -0.15) is 10.2 Å². The van der Waals surface area contributed by atoms with Gasteiger partial charge in [0.15, 0.2) is 0 Å². The second kappa shape index (κ2) is 7.12. The number of nitrogens with zero attached hydrogens (tertiary/aromatic N) is 6. The second-order valence-corrected chi connectivity index (χ2v) is 5.89. The molecule has 2 aromatic carbocycles. The van der Waals surface area contributed by atoms with Gasteiger partial charge in [-0.1, -0.05) is 30.3 Å². The molecule has 0 bridgehead atoms. The molecule has 24 heavy (non-hydrogen) atoms. The zero-order valence-corrected chi connectivity index (χ0v) is 14.2.